The number of non-ortho nitro benzene ring substituents is 1. The fraction of sp³-hybridized carbons (Fsp3) is 0.333. The molecular formula is C12H16N4O2S. The van der Waals surface area contributed by atoms with Crippen LogP contribution in [0.5, 0.6) is 0 Å². The fourth-order valence-electron chi connectivity index (χ4n) is 1.32. The third-order valence-corrected chi connectivity index (χ3v) is 2.45. The van der Waals surface area contributed by atoms with Gasteiger partial charge in [0.05, 0.1) is 10.6 Å². The van der Waals surface area contributed by atoms with Crippen LogP contribution in [0.1, 0.15) is 26.3 Å². The minimum atomic E-state index is -0.434. The van der Waals surface area contributed by atoms with E-state index in [-0.39, 0.29) is 11.7 Å². The molecule has 7 heteroatoms. The molecule has 0 spiro atoms. The highest BCUT2D eigenvalue weighted by Crippen LogP contribution is 2.12. The van der Waals surface area contributed by atoms with Gasteiger partial charge in [0.1, 0.15) is 0 Å². The van der Waals surface area contributed by atoms with Gasteiger partial charge in [-0.05, 0) is 50.7 Å². The smallest absolute Gasteiger partial charge is 0.269 e. The van der Waals surface area contributed by atoms with E-state index in [1.807, 2.05) is 13.8 Å². The third-order valence-electron chi connectivity index (χ3n) is 2.24. The molecule has 0 heterocycles. The number of nitro groups is 1. The summed E-state index contributed by atoms with van der Waals surface area (Å²) in [5.74, 6) is 0. The highest BCUT2D eigenvalue weighted by Gasteiger charge is 2.05. The molecular weight excluding hydrogens is 264 g/mol. The number of nitrogens with zero attached hydrogens (tertiary/aromatic N) is 2. The Morgan fingerprint density at radius 2 is 1.95 bits per heavy atom. The summed E-state index contributed by atoms with van der Waals surface area (Å²) in [6.45, 7) is 5.74. The number of hydrazone groups is 1. The summed E-state index contributed by atoms with van der Waals surface area (Å²) in [7, 11) is 0. The number of nitrogens with one attached hydrogen (secondary N) is 2. The van der Waals surface area contributed by atoms with E-state index in [4.69, 9.17) is 12.2 Å². The summed E-state index contributed by atoms with van der Waals surface area (Å²) in [6, 6.07) is 6.42. The van der Waals surface area contributed by atoms with Gasteiger partial charge in [-0.25, -0.2) is 0 Å². The normalized spacial score (nSPS) is 11.3. The lowest BCUT2D eigenvalue weighted by atomic mass is 10.1. The summed E-state index contributed by atoms with van der Waals surface area (Å²) in [4.78, 5) is 10.1. The molecule has 1 rings (SSSR count). The summed E-state index contributed by atoms with van der Waals surface area (Å²) in [5.41, 5.74) is 4.27. The summed E-state index contributed by atoms with van der Waals surface area (Å²) in [5, 5.41) is 18.1. The highest BCUT2D eigenvalue weighted by molar-refractivity contribution is 7.80. The van der Waals surface area contributed by atoms with Gasteiger partial charge in [-0.2, -0.15) is 5.10 Å². The Morgan fingerprint density at radius 3 is 2.42 bits per heavy atom. The molecule has 0 aliphatic heterocycles. The van der Waals surface area contributed by atoms with Gasteiger partial charge in [-0.15, -0.1) is 0 Å². The first kappa shape index (κ1) is 15.0. The molecule has 102 valence electrons. The fourth-order valence-corrected chi connectivity index (χ4v) is 1.60. The Kier molecular flexibility index (Phi) is 5.37. The molecule has 0 amide bonds. The number of hydrogen-bond acceptors (Lipinski definition) is 4. The second-order valence-corrected chi connectivity index (χ2v) is 4.65. The van der Waals surface area contributed by atoms with Crippen LogP contribution in [0.3, 0.4) is 0 Å². The monoisotopic (exact) mass is 280 g/mol. The molecule has 0 fully saturated rings. The molecule has 0 aromatic heterocycles. The van der Waals surface area contributed by atoms with Gasteiger partial charge in [0, 0.05) is 18.2 Å². The zero-order valence-corrected chi connectivity index (χ0v) is 11.8. The summed E-state index contributed by atoms with van der Waals surface area (Å²) >= 11 is 5.03. The number of benzene rings is 1. The maximum absolute atomic E-state index is 10.5. The van der Waals surface area contributed by atoms with Crippen molar-refractivity contribution in [3.63, 3.8) is 0 Å². The van der Waals surface area contributed by atoms with Gasteiger partial charge >= 0.3 is 0 Å². The molecule has 6 nitrogen and oxygen atoms in total. The van der Waals surface area contributed by atoms with Crippen molar-refractivity contribution in [2.75, 3.05) is 0 Å². The number of hydrogen-bond donors (Lipinski definition) is 2. The molecule has 1 aromatic carbocycles. The van der Waals surface area contributed by atoms with Gasteiger partial charge in [-0.1, -0.05) is 0 Å². The van der Waals surface area contributed by atoms with Gasteiger partial charge in [0.15, 0.2) is 5.11 Å². The first-order chi connectivity index (χ1) is 8.90. The van der Waals surface area contributed by atoms with Crippen LogP contribution >= 0.6 is 12.2 Å². The lowest BCUT2D eigenvalue weighted by Gasteiger charge is -2.10. The lowest BCUT2D eigenvalue weighted by Crippen LogP contribution is -2.37. The number of thiocarbonyl (C=S) groups is 1. The summed E-state index contributed by atoms with van der Waals surface area (Å²) < 4.78 is 0. The van der Waals surface area contributed by atoms with E-state index in [1.54, 1.807) is 19.1 Å². The molecule has 0 atom stereocenters. The molecule has 19 heavy (non-hydrogen) atoms. The topological polar surface area (TPSA) is 79.6 Å². The molecule has 0 saturated heterocycles. The molecule has 0 saturated carbocycles. The van der Waals surface area contributed by atoms with Crippen molar-refractivity contribution >= 4 is 28.7 Å². The van der Waals surface area contributed by atoms with Crippen molar-refractivity contribution in [2.24, 2.45) is 5.10 Å². The van der Waals surface area contributed by atoms with Crippen LogP contribution in [0.25, 0.3) is 0 Å². The Hall–Kier alpha value is -2.02. The first-order valence-corrected chi connectivity index (χ1v) is 6.16. The van der Waals surface area contributed by atoms with E-state index in [9.17, 15) is 10.1 Å². The highest BCUT2D eigenvalue weighted by atomic mass is 32.1. The van der Waals surface area contributed by atoms with Crippen molar-refractivity contribution in [2.45, 2.75) is 26.8 Å². The van der Waals surface area contributed by atoms with Crippen LogP contribution < -0.4 is 10.7 Å². The van der Waals surface area contributed by atoms with E-state index in [1.165, 1.54) is 12.1 Å². The van der Waals surface area contributed by atoms with Crippen LogP contribution in [0.4, 0.5) is 5.69 Å². The molecule has 0 aliphatic carbocycles. The zero-order valence-electron chi connectivity index (χ0n) is 11.0. The Labute approximate surface area is 117 Å². The molecule has 0 radical (unpaired) electrons. The SMILES string of the molecule is C/C(=N/NC(=S)NC(C)C)c1ccc([N+](=O)[O-])cc1. The Morgan fingerprint density at radius 1 is 1.37 bits per heavy atom. The van der Waals surface area contributed by atoms with Crippen LogP contribution in [-0.2, 0) is 0 Å². The average molecular weight is 280 g/mol. The number of rotatable bonds is 4. The zero-order chi connectivity index (χ0) is 14.4. The van der Waals surface area contributed by atoms with E-state index in [2.05, 4.69) is 15.8 Å². The lowest BCUT2D eigenvalue weighted by molar-refractivity contribution is -0.384. The predicted octanol–water partition coefficient (Wildman–Crippen LogP) is 2.19. The third kappa shape index (κ3) is 5.01. The quantitative estimate of drug-likeness (QED) is 0.382. The largest absolute Gasteiger partial charge is 0.359 e. The van der Waals surface area contributed by atoms with Gasteiger partial charge in [-0.3, -0.25) is 15.5 Å². The average Bonchev–Trinajstić information content (AvgIpc) is 2.35. The molecule has 1 aromatic rings. The number of nitro benzene ring substituents is 1. The minimum Gasteiger partial charge on any atom is -0.359 e. The Bertz CT molecular complexity index is 497. The van der Waals surface area contributed by atoms with Gasteiger partial charge in [0.2, 0.25) is 0 Å². The molecule has 2 N–H and O–H groups in total. The summed E-state index contributed by atoms with van der Waals surface area (Å²) in [6.07, 6.45) is 0. The predicted molar refractivity (Wildman–Crippen MR) is 79.3 cm³/mol. The second kappa shape index (κ2) is 6.79. The maximum atomic E-state index is 10.5. The van der Waals surface area contributed by atoms with E-state index >= 15 is 0 Å². The first-order valence-electron chi connectivity index (χ1n) is 5.75. The van der Waals surface area contributed by atoms with Gasteiger partial charge in [0.25, 0.3) is 5.69 Å². The molecule has 0 unspecified atom stereocenters. The van der Waals surface area contributed by atoms with Crippen LogP contribution in [0.15, 0.2) is 29.4 Å². The van der Waals surface area contributed by atoms with E-state index in [0.29, 0.717) is 10.8 Å². The standard InChI is InChI=1S/C12H16N4O2S/c1-8(2)13-12(19)15-14-9(3)10-4-6-11(7-5-10)16(17)18/h4-8H,1-3H3,(H2,13,15,19)/b14-9-. The van der Waals surface area contributed by atoms with Crippen molar-refractivity contribution in [3.05, 3.63) is 39.9 Å². The maximum Gasteiger partial charge on any atom is 0.269 e. The van der Waals surface area contributed by atoms with Gasteiger partial charge < -0.3 is 5.32 Å². The molecule has 0 aliphatic rings. The Balaban J connectivity index is 2.69. The van der Waals surface area contributed by atoms with Crippen molar-refractivity contribution in [3.8, 4) is 0 Å². The molecule has 0 bridgehead atoms. The van der Waals surface area contributed by atoms with E-state index in [0.717, 1.165) is 5.56 Å². The van der Waals surface area contributed by atoms with Crippen LogP contribution in [0.2, 0.25) is 0 Å². The van der Waals surface area contributed by atoms with Crippen molar-refractivity contribution in [1.29, 1.82) is 0 Å². The van der Waals surface area contributed by atoms with E-state index < -0.39 is 4.92 Å². The van der Waals surface area contributed by atoms with Crippen LogP contribution in [-0.4, -0.2) is 21.8 Å². The minimum absolute atomic E-state index is 0.0569. The van der Waals surface area contributed by atoms with Crippen LogP contribution in [0, 0.1) is 10.1 Å². The van der Waals surface area contributed by atoms with Crippen molar-refractivity contribution < 1.29 is 4.92 Å². The van der Waals surface area contributed by atoms with Crippen molar-refractivity contribution in [1.82, 2.24) is 10.7 Å². The second-order valence-electron chi connectivity index (χ2n) is 4.24.